The number of aromatic nitrogens is 3. The van der Waals surface area contributed by atoms with Crippen LogP contribution in [0.25, 0.3) is 11.0 Å². The smallest absolute Gasteiger partial charge is 0.310 e. The Kier molecular flexibility index (Phi) is 6.53. The largest absolute Gasteiger partial charge is 0.481 e. The van der Waals surface area contributed by atoms with E-state index < -0.39 is 47.5 Å². The molecule has 37 heavy (non-hydrogen) atoms. The van der Waals surface area contributed by atoms with Gasteiger partial charge in [-0.05, 0) is 37.3 Å². The lowest BCUT2D eigenvalue weighted by molar-refractivity contribution is -0.154. The minimum Gasteiger partial charge on any atom is -0.481 e. The van der Waals surface area contributed by atoms with Crippen molar-refractivity contribution in [2.75, 3.05) is 13.2 Å². The molecule has 198 valence electrons. The Morgan fingerprint density at radius 2 is 2.11 bits per heavy atom. The molecule has 0 radical (unpaired) electrons. The van der Waals surface area contributed by atoms with Crippen LogP contribution >= 0.6 is 0 Å². The van der Waals surface area contributed by atoms with E-state index in [9.17, 15) is 24.6 Å². The fraction of sp³-hybridized carbons (Fsp3) is 0.577. The molecule has 11 heteroatoms. The third-order valence-corrected chi connectivity index (χ3v) is 7.99. The van der Waals surface area contributed by atoms with E-state index in [0.29, 0.717) is 24.8 Å². The van der Waals surface area contributed by atoms with Gasteiger partial charge in [-0.2, -0.15) is 0 Å². The van der Waals surface area contributed by atoms with Crippen molar-refractivity contribution in [1.29, 1.82) is 0 Å². The monoisotopic (exact) mass is 511 g/mol. The van der Waals surface area contributed by atoms with Gasteiger partial charge in [-0.25, -0.2) is 4.68 Å². The summed E-state index contributed by atoms with van der Waals surface area (Å²) in [6.07, 6.45) is 2.30. The molecular weight excluding hydrogens is 478 g/mol. The molecule has 1 spiro atoms. The van der Waals surface area contributed by atoms with Crippen molar-refractivity contribution in [3.05, 3.63) is 36.9 Å². The molecule has 11 nitrogen and oxygen atoms in total. The summed E-state index contributed by atoms with van der Waals surface area (Å²) >= 11 is 0. The van der Waals surface area contributed by atoms with Crippen LogP contribution in [-0.2, 0) is 25.8 Å². The van der Waals surface area contributed by atoms with E-state index in [1.54, 1.807) is 10.8 Å². The first-order chi connectivity index (χ1) is 17.7. The number of carbonyl (C=O) groups is 3. The molecule has 3 fully saturated rings. The number of amides is 2. The summed E-state index contributed by atoms with van der Waals surface area (Å²) < 4.78 is 7.90. The predicted octanol–water partition coefficient (Wildman–Crippen LogP) is 1.27. The van der Waals surface area contributed by atoms with Crippen molar-refractivity contribution in [3.8, 4) is 0 Å². The standard InChI is InChI=1S/C26H33N5O6/c1-4-11-29(14-30-18-8-6-5-7-17(18)27-28-30)24(34)22-26-10-9-19(37-26)20(25(35)36)21(26)23(33)31(22)16(13-32)12-15(2)3/h4-8,15-16,19-22,32H,1,9-14H2,2-3H3,(H,35,36)/t16-,19-,20+,21+,22?,26?/m1/s1. The average molecular weight is 512 g/mol. The van der Waals surface area contributed by atoms with Gasteiger partial charge in [0.25, 0.3) is 0 Å². The first kappa shape index (κ1) is 25.3. The SMILES string of the molecule is C=CCN(Cn1nnc2ccccc21)C(=O)C1N([C@@H](CO)CC(C)C)C(=O)[C@@H]2[C@@H](C(=O)O)[C@H]3CCC12O3. The van der Waals surface area contributed by atoms with Crippen LogP contribution in [0.2, 0.25) is 0 Å². The maximum atomic E-state index is 14.4. The summed E-state index contributed by atoms with van der Waals surface area (Å²) in [7, 11) is 0. The third-order valence-electron chi connectivity index (χ3n) is 7.99. The quantitative estimate of drug-likeness (QED) is 0.455. The van der Waals surface area contributed by atoms with Crippen molar-refractivity contribution in [3.63, 3.8) is 0 Å². The van der Waals surface area contributed by atoms with Crippen LogP contribution in [0.15, 0.2) is 36.9 Å². The molecular formula is C26H33N5O6. The lowest BCUT2D eigenvalue weighted by atomic mass is 9.70. The number of hydrogen-bond acceptors (Lipinski definition) is 7. The van der Waals surface area contributed by atoms with Crippen LogP contribution in [0.5, 0.6) is 0 Å². The zero-order valence-corrected chi connectivity index (χ0v) is 21.1. The number of carbonyl (C=O) groups excluding carboxylic acids is 2. The molecule has 1 aromatic heterocycles. The van der Waals surface area contributed by atoms with E-state index in [4.69, 9.17) is 4.74 Å². The number of benzene rings is 1. The summed E-state index contributed by atoms with van der Waals surface area (Å²) in [5, 5.41) is 28.7. The third kappa shape index (κ3) is 3.91. The molecule has 0 aliphatic carbocycles. The Morgan fingerprint density at radius 3 is 2.78 bits per heavy atom. The highest BCUT2D eigenvalue weighted by Gasteiger charge is 2.75. The highest BCUT2D eigenvalue weighted by molar-refractivity contribution is 5.98. The number of para-hydroxylation sites is 1. The van der Waals surface area contributed by atoms with Crippen LogP contribution in [0.4, 0.5) is 0 Å². The summed E-state index contributed by atoms with van der Waals surface area (Å²) in [4.78, 5) is 43.5. The van der Waals surface area contributed by atoms with Crippen molar-refractivity contribution in [2.45, 2.75) is 63.6 Å². The minimum atomic E-state index is -1.25. The van der Waals surface area contributed by atoms with E-state index in [1.807, 2.05) is 38.1 Å². The first-order valence-corrected chi connectivity index (χ1v) is 12.7. The molecule has 0 saturated carbocycles. The zero-order chi connectivity index (χ0) is 26.5. The zero-order valence-electron chi connectivity index (χ0n) is 21.1. The van der Waals surface area contributed by atoms with Crippen molar-refractivity contribution < 1.29 is 29.3 Å². The number of fused-ring (bicyclic) bond motifs is 2. The number of carboxylic acids is 1. The molecule has 2 aromatic rings. The molecule has 5 rings (SSSR count). The number of hydrogen-bond donors (Lipinski definition) is 2. The Morgan fingerprint density at radius 1 is 1.35 bits per heavy atom. The predicted molar refractivity (Wildman–Crippen MR) is 132 cm³/mol. The number of aliphatic carboxylic acids is 1. The van der Waals surface area contributed by atoms with Crippen LogP contribution < -0.4 is 0 Å². The maximum absolute atomic E-state index is 14.4. The van der Waals surface area contributed by atoms with E-state index in [-0.39, 0.29) is 31.6 Å². The van der Waals surface area contributed by atoms with Crippen molar-refractivity contribution in [1.82, 2.24) is 24.8 Å². The minimum absolute atomic E-state index is 0.0599. The molecule has 3 saturated heterocycles. The number of ether oxygens (including phenoxy) is 1. The Labute approximate surface area is 214 Å². The summed E-state index contributed by atoms with van der Waals surface area (Å²) in [5.74, 6) is -3.78. The summed E-state index contributed by atoms with van der Waals surface area (Å²) in [6.45, 7) is 7.64. The fourth-order valence-corrected chi connectivity index (χ4v) is 6.60. The molecule has 1 aromatic carbocycles. The normalized spacial score (nSPS) is 29.2. The van der Waals surface area contributed by atoms with Crippen molar-refractivity contribution in [2.24, 2.45) is 17.8 Å². The van der Waals surface area contributed by atoms with Crippen LogP contribution in [0.1, 0.15) is 33.1 Å². The maximum Gasteiger partial charge on any atom is 0.310 e. The number of likely N-dealkylation sites (tertiary alicyclic amines) is 1. The van der Waals surface area contributed by atoms with Gasteiger partial charge in [-0.3, -0.25) is 14.4 Å². The number of carboxylic acid groups (broad SMARTS) is 1. The second-order valence-corrected chi connectivity index (χ2v) is 10.7. The number of nitrogens with zero attached hydrogens (tertiary/aromatic N) is 5. The van der Waals surface area contributed by atoms with Gasteiger partial charge in [-0.15, -0.1) is 11.7 Å². The lowest BCUT2D eigenvalue weighted by Gasteiger charge is -2.39. The molecule has 3 aliphatic heterocycles. The van der Waals surface area contributed by atoms with Gasteiger partial charge in [0.2, 0.25) is 11.8 Å². The van der Waals surface area contributed by atoms with Gasteiger partial charge in [0, 0.05) is 6.54 Å². The molecule has 3 aliphatic rings. The number of rotatable bonds is 10. The van der Waals surface area contributed by atoms with E-state index in [2.05, 4.69) is 16.9 Å². The summed E-state index contributed by atoms with van der Waals surface area (Å²) in [6, 6.07) is 5.69. The van der Waals surface area contributed by atoms with Gasteiger partial charge in [0.05, 0.1) is 36.1 Å². The highest BCUT2D eigenvalue weighted by Crippen LogP contribution is 2.59. The van der Waals surface area contributed by atoms with Crippen molar-refractivity contribution >= 4 is 28.8 Å². The van der Waals surface area contributed by atoms with Gasteiger partial charge in [0.1, 0.15) is 23.8 Å². The van der Waals surface area contributed by atoms with Gasteiger partial charge in [0.15, 0.2) is 0 Å². The van der Waals surface area contributed by atoms with E-state index >= 15 is 0 Å². The first-order valence-electron chi connectivity index (χ1n) is 12.7. The Balaban J connectivity index is 1.56. The second kappa shape index (κ2) is 9.53. The van der Waals surface area contributed by atoms with E-state index in [0.717, 1.165) is 5.52 Å². The Bertz CT molecular complexity index is 1230. The molecule has 4 heterocycles. The second-order valence-electron chi connectivity index (χ2n) is 10.7. The highest BCUT2D eigenvalue weighted by atomic mass is 16.5. The van der Waals surface area contributed by atoms with E-state index in [1.165, 1.54) is 9.80 Å². The summed E-state index contributed by atoms with van der Waals surface area (Å²) in [5.41, 5.74) is 0.178. The van der Waals surface area contributed by atoms with Crippen LogP contribution in [0, 0.1) is 17.8 Å². The number of aliphatic hydroxyl groups excluding tert-OH is 1. The van der Waals surface area contributed by atoms with Gasteiger partial charge < -0.3 is 24.7 Å². The number of aliphatic hydroxyl groups is 1. The molecule has 6 atom stereocenters. The fourth-order valence-electron chi connectivity index (χ4n) is 6.60. The average Bonchev–Trinajstić information content (AvgIpc) is 3.61. The van der Waals surface area contributed by atoms with Gasteiger partial charge in [-0.1, -0.05) is 37.3 Å². The topological polar surface area (TPSA) is 138 Å². The molecule has 2 N–H and O–H groups in total. The molecule has 2 bridgehead atoms. The lowest BCUT2D eigenvalue weighted by Crippen LogP contribution is -2.59. The molecule has 2 amide bonds. The van der Waals surface area contributed by atoms with Crippen LogP contribution in [-0.4, -0.2) is 89.7 Å². The van der Waals surface area contributed by atoms with Gasteiger partial charge >= 0.3 is 5.97 Å². The molecule has 2 unspecified atom stereocenters. The van der Waals surface area contributed by atoms with Crippen LogP contribution in [0.3, 0.4) is 0 Å². The Hall–Kier alpha value is -3.31.